The van der Waals surface area contributed by atoms with E-state index in [1.165, 1.54) is 0 Å². The van der Waals surface area contributed by atoms with Crippen LogP contribution in [-0.4, -0.2) is 65.2 Å². The van der Waals surface area contributed by atoms with E-state index >= 15 is 0 Å². The summed E-state index contributed by atoms with van der Waals surface area (Å²) in [6.45, 7) is 2.09. The topological polar surface area (TPSA) is 92.7 Å². The zero-order valence-electron chi connectivity index (χ0n) is 16.6. The third-order valence-corrected chi connectivity index (χ3v) is 5.87. The zero-order valence-corrected chi connectivity index (χ0v) is 16.6. The van der Waals surface area contributed by atoms with Crippen LogP contribution in [0.25, 0.3) is 10.9 Å². The Bertz CT molecular complexity index is 940. The first-order valence-corrected chi connectivity index (χ1v) is 10.0. The van der Waals surface area contributed by atoms with Gasteiger partial charge in [-0.25, -0.2) is 0 Å². The number of amides is 2. The molecule has 0 aliphatic carbocycles. The molecule has 0 radical (unpaired) electrons. The minimum Gasteiger partial charge on any atom is -0.358 e. The molecular formula is C21H26N4O4. The van der Waals surface area contributed by atoms with Gasteiger partial charge in [-0.15, -0.1) is 0 Å². The number of para-hydroxylation sites is 1. The van der Waals surface area contributed by atoms with Gasteiger partial charge in [0.05, 0.1) is 18.2 Å². The first-order valence-electron chi connectivity index (χ1n) is 10.0. The molecule has 1 aromatic carbocycles. The highest BCUT2D eigenvalue weighted by Crippen LogP contribution is 2.30. The average Bonchev–Trinajstić information content (AvgIpc) is 3.32. The van der Waals surface area contributed by atoms with Crippen molar-refractivity contribution in [2.45, 2.75) is 50.5 Å². The van der Waals surface area contributed by atoms with Gasteiger partial charge in [-0.05, 0) is 38.9 Å². The molecule has 2 aromatic rings. The van der Waals surface area contributed by atoms with E-state index < -0.39 is 24.4 Å². The third-order valence-electron chi connectivity index (χ3n) is 5.87. The van der Waals surface area contributed by atoms with Crippen molar-refractivity contribution in [3.63, 3.8) is 0 Å². The van der Waals surface area contributed by atoms with Gasteiger partial charge >= 0.3 is 0 Å². The fourth-order valence-corrected chi connectivity index (χ4v) is 4.10. The van der Waals surface area contributed by atoms with Crippen molar-refractivity contribution in [2.24, 2.45) is 0 Å². The second-order valence-electron chi connectivity index (χ2n) is 7.61. The molecule has 2 aliphatic rings. The molecule has 8 nitrogen and oxygen atoms in total. The molecule has 1 aromatic heterocycles. The molecule has 8 heteroatoms. The smallest absolute Gasteiger partial charge is 0.253 e. The van der Waals surface area contributed by atoms with Crippen LogP contribution in [0.1, 0.15) is 31.0 Å². The minimum atomic E-state index is -0.696. The highest BCUT2D eigenvalue weighted by molar-refractivity contribution is 5.98. The van der Waals surface area contributed by atoms with Crippen molar-refractivity contribution in [1.29, 1.82) is 0 Å². The van der Waals surface area contributed by atoms with Crippen molar-refractivity contribution < 1.29 is 19.1 Å². The fourth-order valence-electron chi connectivity index (χ4n) is 4.10. The minimum absolute atomic E-state index is 0.152. The molecule has 2 N–H and O–H groups in total. The lowest BCUT2D eigenvalue weighted by atomic mass is 10.1. The van der Waals surface area contributed by atoms with Gasteiger partial charge in [0.25, 0.3) is 5.91 Å². The maximum Gasteiger partial charge on any atom is 0.253 e. The van der Waals surface area contributed by atoms with Crippen LogP contribution in [0.5, 0.6) is 0 Å². The molecule has 29 heavy (non-hydrogen) atoms. The Labute approximate surface area is 169 Å². The number of carbonyl (C=O) groups is 3. The van der Waals surface area contributed by atoms with E-state index in [9.17, 15) is 14.4 Å². The van der Waals surface area contributed by atoms with Crippen molar-refractivity contribution in [3.05, 3.63) is 36.5 Å². The fraction of sp³-hybridized carbons (Fsp3) is 0.476. The number of carbonyl (C=O) groups excluding carboxylic acids is 3. The Morgan fingerprint density at radius 1 is 1.17 bits per heavy atom. The number of likely N-dealkylation sites (N-methyl/N-ethyl adjacent to an activating group) is 1. The molecular weight excluding hydrogens is 372 g/mol. The van der Waals surface area contributed by atoms with Gasteiger partial charge in [0, 0.05) is 18.0 Å². The summed E-state index contributed by atoms with van der Waals surface area (Å²) in [6, 6.07) is 7.83. The number of benzene rings is 1. The molecule has 2 fully saturated rings. The normalized spacial score (nSPS) is 25.5. The second kappa shape index (κ2) is 7.96. The van der Waals surface area contributed by atoms with Crippen molar-refractivity contribution in [3.8, 4) is 0 Å². The van der Waals surface area contributed by atoms with Gasteiger partial charge < -0.3 is 20.3 Å². The van der Waals surface area contributed by atoms with E-state index in [-0.39, 0.29) is 17.7 Å². The van der Waals surface area contributed by atoms with Gasteiger partial charge in [-0.3, -0.25) is 19.0 Å². The average molecular weight is 398 g/mol. The predicted molar refractivity (Wildman–Crippen MR) is 107 cm³/mol. The Hall–Kier alpha value is -2.71. The van der Waals surface area contributed by atoms with Gasteiger partial charge in [-0.2, -0.15) is 0 Å². The highest BCUT2D eigenvalue weighted by atomic mass is 16.5. The number of nitrogens with one attached hydrogen (secondary N) is 2. The van der Waals surface area contributed by atoms with E-state index in [4.69, 9.17) is 4.74 Å². The number of hydrogen-bond donors (Lipinski definition) is 2. The standard InChI is InChI=1S/C21H26N4O4/c1-13(22-2)19(26)23-15-10-12-29-18-8-7-17(25(18)20(15)27)21(28)24-11-9-14-5-3-4-6-16(14)24/h3-6,9,11,13,15,17-18,22H,7-8,10,12H2,1-2H3,(H,23,26)/t13-,15?,17-,18-/m0/s1. The van der Waals surface area contributed by atoms with E-state index in [2.05, 4.69) is 10.6 Å². The lowest BCUT2D eigenvalue weighted by molar-refractivity contribution is -0.143. The SMILES string of the molecule is CN[C@@H](C)C(=O)NC1CCO[C@H]2CC[C@@H](C(=O)n3ccc4ccccc43)N2C1=O. The number of rotatable bonds is 4. The van der Waals surface area contributed by atoms with Crippen LogP contribution in [0, 0.1) is 0 Å². The summed E-state index contributed by atoms with van der Waals surface area (Å²) in [5.41, 5.74) is 0.817. The monoisotopic (exact) mass is 398 g/mol. The summed E-state index contributed by atoms with van der Waals surface area (Å²) in [5, 5.41) is 6.65. The number of ether oxygens (including phenoxy) is 1. The van der Waals surface area contributed by atoms with Crippen molar-refractivity contribution in [2.75, 3.05) is 13.7 Å². The van der Waals surface area contributed by atoms with Crippen LogP contribution < -0.4 is 10.6 Å². The van der Waals surface area contributed by atoms with Gasteiger partial charge in [0.15, 0.2) is 0 Å². The Morgan fingerprint density at radius 2 is 1.97 bits per heavy atom. The molecule has 0 bridgehead atoms. The van der Waals surface area contributed by atoms with Crippen LogP contribution in [0.2, 0.25) is 0 Å². The lowest BCUT2D eigenvalue weighted by Gasteiger charge is -2.30. The Morgan fingerprint density at radius 3 is 2.76 bits per heavy atom. The number of aromatic nitrogens is 1. The molecule has 2 aliphatic heterocycles. The lowest BCUT2D eigenvalue weighted by Crippen LogP contribution is -2.55. The molecule has 0 spiro atoms. The predicted octanol–water partition coefficient (Wildman–Crippen LogP) is 1.11. The van der Waals surface area contributed by atoms with Crippen LogP contribution in [0.4, 0.5) is 0 Å². The number of hydrogen-bond acceptors (Lipinski definition) is 5. The molecule has 2 saturated heterocycles. The summed E-state index contributed by atoms with van der Waals surface area (Å²) in [6.07, 6.45) is 2.85. The molecule has 3 heterocycles. The summed E-state index contributed by atoms with van der Waals surface area (Å²) in [5.74, 6) is -0.652. The summed E-state index contributed by atoms with van der Waals surface area (Å²) < 4.78 is 7.47. The number of nitrogens with zero attached hydrogens (tertiary/aromatic N) is 2. The van der Waals surface area contributed by atoms with Crippen LogP contribution in [0.15, 0.2) is 36.5 Å². The highest BCUT2D eigenvalue weighted by Gasteiger charge is 2.46. The molecule has 1 unspecified atom stereocenters. The van der Waals surface area contributed by atoms with Crippen molar-refractivity contribution in [1.82, 2.24) is 20.1 Å². The Balaban J connectivity index is 1.58. The summed E-state index contributed by atoms with van der Waals surface area (Å²) >= 11 is 0. The van der Waals surface area contributed by atoms with Crippen LogP contribution in [-0.2, 0) is 14.3 Å². The van der Waals surface area contributed by atoms with Gasteiger partial charge in [0.2, 0.25) is 11.8 Å². The maximum atomic E-state index is 13.3. The molecule has 2 amide bonds. The molecule has 0 saturated carbocycles. The van der Waals surface area contributed by atoms with Crippen LogP contribution in [0.3, 0.4) is 0 Å². The largest absolute Gasteiger partial charge is 0.358 e. The first-order chi connectivity index (χ1) is 14.0. The molecule has 4 atom stereocenters. The summed E-state index contributed by atoms with van der Waals surface area (Å²) in [7, 11) is 1.69. The van der Waals surface area contributed by atoms with Crippen LogP contribution >= 0.6 is 0 Å². The van der Waals surface area contributed by atoms with Gasteiger partial charge in [-0.1, -0.05) is 18.2 Å². The zero-order chi connectivity index (χ0) is 20.5. The first kappa shape index (κ1) is 19.6. The van der Waals surface area contributed by atoms with E-state index in [1.54, 1.807) is 29.6 Å². The summed E-state index contributed by atoms with van der Waals surface area (Å²) in [4.78, 5) is 40.4. The quantitative estimate of drug-likeness (QED) is 0.805. The maximum absolute atomic E-state index is 13.3. The number of fused-ring (bicyclic) bond motifs is 2. The van der Waals surface area contributed by atoms with E-state index in [0.717, 1.165) is 10.9 Å². The van der Waals surface area contributed by atoms with E-state index in [0.29, 0.717) is 25.9 Å². The Kier molecular flexibility index (Phi) is 5.38. The second-order valence-corrected chi connectivity index (χ2v) is 7.61. The molecule has 154 valence electrons. The molecule has 4 rings (SSSR count). The van der Waals surface area contributed by atoms with Gasteiger partial charge in [0.1, 0.15) is 18.3 Å². The van der Waals surface area contributed by atoms with Crippen molar-refractivity contribution >= 4 is 28.6 Å². The van der Waals surface area contributed by atoms with E-state index in [1.807, 2.05) is 30.3 Å². The third kappa shape index (κ3) is 3.54.